The van der Waals surface area contributed by atoms with Crippen LogP contribution in [0.25, 0.3) is 6.08 Å². The van der Waals surface area contributed by atoms with Crippen LogP contribution in [0.15, 0.2) is 41.8 Å². The van der Waals surface area contributed by atoms with Gasteiger partial charge in [0.1, 0.15) is 5.75 Å². The van der Waals surface area contributed by atoms with Gasteiger partial charge in [-0.2, -0.15) is 0 Å². The monoisotopic (exact) mass is 316 g/mol. The Bertz CT molecular complexity index is 525. The molecule has 2 rings (SSSR count). The average Bonchev–Trinajstić information content (AvgIpc) is 2.54. The topological polar surface area (TPSA) is 26.3 Å². The van der Waals surface area contributed by atoms with Gasteiger partial charge in [0.2, 0.25) is 0 Å². The van der Waals surface area contributed by atoms with E-state index in [0.29, 0.717) is 5.41 Å². The third-order valence-electron chi connectivity index (χ3n) is 4.22. The number of ether oxygens (including phenoxy) is 1. The van der Waals surface area contributed by atoms with Gasteiger partial charge < -0.3 is 4.74 Å². The van der Waals surface area contributed by atoms with Crippen LogP contribution in [0.5, 0.6) is 5.75 Å². The second kappa shape index (κ2) is 8.23. The Morgan fingerprint density at radius 1 is 1.27 bits per heavy atom. The van der Waals surface area contributed by atoms with Gasteiger partial charge >= 0.3 is 0 Å². The number of hydrogen-bond donors (Lipinski definition) is 0. The van der Waals surface area contributed by atoms with Crippen molar-refractivity contribution in [2.24, 2.45) is 5.41 Å². The van der Waals surface area contributed by atoms with E-state index in [-0.39, 0.29) is 0 Å². The van der Waals surface area contributed by atoms with Gasteiger partial charge in [-0.05, 0) is 36.6 Å². The molecule has 0 unspecified atom stereocenters. The van der Waals surface area contributed by atoms with Crippen LogP contribution in [0.4, 0.5) is 0 Å². The van der Waals surface area contributed by atoms with Crippen LogP contribution in [0.1, 0.15) is 44.6 Å². The number of allylic oxidation sites excluding steroid dienone is 1. The van der Waals surface area contributed by atoms with E-state index in [0.717, 1.165) is 40.2 Å². The Balaban J connectivity index is 1.94. The molecule has 1 aromatic rings. The van der Waals surface area contributed by atoms with Crippen LogP contribution in [0.2, 0.25) is 0 Å². The highest BCUT2D eigenvalue weighted by molar-refractivity contribution is 8.15. The number of rotatable bonds is 7. The fourth-order valence-electron chi connectivity index (χ4n) is 2.83. The van der Waals surface area contributed by atoms with Gasteiger partial charge in [0.15, 0.2) is 5.62 Å². The zero-order chi connectivity index (χ0) is 15.8. The van der Waals surface area contributed by atoms with Crippen molar-refractivity contribution in [3.8, 4) is 5.75 Å². The van der Waals surface area contributed by atoms with Crippen molar-refractivity contribution in [2.45, 2.75) is 39.0 Å². The number of carbonyl (C=O) groups excluding carboxylic acids is 1. The van der Waals surface area contributed by atoms with E-state index < -0.39 is 0 Å². The van der Waals surface area contributed by atoms with Crippen molar-refractivity contribution >= 4 is 23.5 Å². The lowest BCUT2D eigenvalue weighted by Crippen LogP contribution is -2.27. The normalized spacial score (nSPS) is 17.8. The first-order valence-electron chi connectivity index (χ1n) is 7.82. The standard InChI is InChI=1S/C19H24O2S/c1-3-18(22-15-20)13-16-7-9-17(10-8-16)21-14-19(2)11-5-4-6-12-19/h3,7-10,13,15H,1,4-6,11-12,14H2,2H3/b18-13-. The van der Waals surface area contributed by atoms with Crippen molar-refractivity contribution in [3.63, 3.8) is 0 Å². The Labute approximate surface area is 137 Å². The van der Waals surface area contributed by atoms with Gasteiger partial charge in [-0.25, -0.2) is 0 Å². The first kappa shape index (κ1) is 16.9. The molecule has 1 fully saturated rings. The molecular formula is C19H24O2S. The minimum atomic E-state index is 0.327. The Kier molecular flexibility index (Phi) is 6.32. The molecule has 0 atom stereocenters. The van der Waals surface area contributed by atoms with Crippen LogP contribution in [-0.2, 0) is 4.79 Å². The molecule has 0 aliphatic heterocycles. The SMILES string of the molecule is C=C/C(=C/c1ccc(OCC2(C)CCCCC2)cc1)SC=O. The molecular weight excluding hydrogens is 292 g/mol. The molecule has 1 aromatic carbocycles. The van der Waals surface area contributed by atoms with Crippen molar-refractivity contribution in [3.05, 3.63) is 47.4 Å². The summed E-state index contributed by atoms with van der Waals surface area (Å²) in [7, 11) is 0. The van der Waals surface area contributed by atoms with Gasteiger partial charge in [-0.1, -0.05) is 62.7 Å². The highest BCUT2D eigenvalue weighted by atomic mass is 32.2. The molecule has 1 saturated carbocycles. The third-order valence-corrected chi connectivity index (χ3v) is 4.88. The summed E-state index contributed by atoms with van der Waals surface area (Å²) >= 11 is 1.14. The van der Waals surface area contributed by atoms with E-state index in [1.165, 1.54) is 32.1 Å². The van der Waals surface area contributed by atoms with E-state index in [2.05, 4.69) is 13.5 Å². The molecule has 1 aliphatic rings. The first-order valence-corrected chi connectivity index (χ1v) is 8.70. The highest BCUT2D eigenvalue weighted by Crippen LogP contribution is 2.36. The number of benzene rings is 1. The summed E-state index contributed by atoms with van der Waals surface area (Å²) in [6.07, 6.45) is 10.2. The first-order chi connectivity index (χ1) is 10.6. The zero-order valence-electron chi connectivity index (χ0n) is 13.2. The molecule has 0 N–H and O–H groups in total. The Hall–Kier alpha value is -1.48. The zero-order valence-corrected chi connectivity index (χ0v) is 14.0. The number of thioether (sulfide) groups is 1. The van der Waals surface area contributed by atoms with Crippen molar-refractivity contribution in [1.29, 1.82) is 0 Å². The van der Waals surface area contributed by atoms with Crippen molar-refractivity contribution < 1.29 is 9.53 Å². The molecule has 2 nitrogen and oxygen atoms in total. The highest BCUT2D eigenvalue weighted by Gasteiger charge is 2.27. The predicted molar refractivity (Wildman–Crippen MR) is 95.6 cm³/mol. The lowest BCUT2D eigenvalue weighted by Gasteiger charge is -2.33. The lowest BCUT2D eigenvalue weighted by molar-refractivity contribution is 0.116. The summed E-state index contributed by atoms with van der Waals surface area (Å²) in [5.74, 6) is 0.909. The maximum Gasteiger partial charge on any atom is 0.180 e. The summed E-state index contributed by atoms with van der Waals surface area (Å²) < 4.78 is 5.98. The molecule has 1 aliphatic carbocycles. The molecule has 0 amide bonds. The Morgan fingerprint density at radius 3 is 2.55 bits per heavy atom. The van der Waals surface area contributed by atoms with Crippen LogP contribution in [0, 0.1) is 5.41 Å². The minimum absolute atomic E-state index is 0.327. The summed E-state index contributed by atoms with van der Waals surface area (Å²) in [6.45, 7) is 6.83. The van der Waals surface area contributed by atoms with E-state index in [1.54, 1.807) is 6.08 Å². The average molecular weight is 316 g/mol. The number of hydrogen-bond acceptors (Lipinski definition) is 3. The third kappa shape index (κ3) is 5.06. The second-order valence-electron chi connectivity index (χ2n) is 6.19. The van der Waals surface area contributed by atoms with Crippen molar-refractivity contribution in [1.82, 2.24) is 0 Å². The van der Waals surface area contributed by atoms with Crippen molar-refractivity contribution in [2.75, 3.05) is 6.61 Å². The quantitative estimate of drug-likeness (QED) is 0.492. The maximum absolute atomic E-state index is 10.5. The molecule has 0 heterocycles. The number of carbonyl (C=O) groups is 1. The molecule has 0 saturated heterocycles. The van der Waals surface area contributed by atoms with E-state index in [9.17, 15) is 4.79 Å². The summed E-state index contributed by atoms with van der Waals surface area (Å²) in [5, 5.41) is 0. The van der Waals surface area contributed by atoms with Crippen LogP contribution in [-0.4, -0.2) is 12.2 Å². The minimum Gasteiger partial charge on any atom is -0.493 e. The lowest BCUT2D eigenvalue weighted by atomic mass is 9.76. The van der Waals surface area contributed by atoms with Gasteiger partial charge in [0, 0.05) is 10.3 Å². The van der Waals surface area contributed by atoms with Gasteiger partial charge in [-0.3, -0.25) is 4.79 Å². The molecule has 22 heavy (non-hydrogen) atoms. The molecule has 118 valence electrons. The van der Waals surface area contributed by atoms with Gasteiger partial charge in [0.05, 0.1) is 6.61 Å². The molecule has 0 radical (unpaired) electrons. The fraction of sp³-hybridized carbons (Fsp3) is 0.421. The molecule has 0 bridgehead atoms. The largest absolute Gasteiger partial charge is 0.493 e. The van der Waals surface area contributed by atoms with Gasteiger partial charge in [0.25, 0.3) is 0 Å². The molecule has 0 aromatic heterocycles. The smallest absolute Gasteiger partial charge is 0.180 e. The fourth-order valence-corrected chi connectivity index (χ4v) is 3.24. The van der Waals surface area contributed by atoms with E-state index in [1.807, 2.05) is 30.3 Å². The van der Waals surface area contributed by atoms with E-state index >= 15 is 0 Å². The van der Waals surface area contributed by atoms with Crippen LogP contribution in [0.3, 0.4) is 0 Å². The predicted octanol–water partition coefficient (Wildman–Crippen LogP) is 5.49. The maximum atomic E-state index is 10.5. The molecule has 0 spiro atoms. The van der Waals surface area contributed by atoms with Crippen LogP contribution < -0.4 is 4.74 Å². The van der Waals surface area contributed by atoms with Gasteiger partial charge in [-0.15, -0.1) is 0 Å². The Morgan fingerprint density at radius 2 is 1.95 bits per heavy atom. The summed E-state index contributed by atoms with van der Waals surface area (Å²) in [6, 6.07) is 8.00. The van der Waals surface area contributed by atoms with E-state index in [4.69, 9.17) is 4.74 Å². The molecule has 3 heteroatoms. The second-order valence-corrected chi connectivity index (χ2v) is 7.09. The summed E-state index contributed by atoms with van der Waals surface area (Å²) in [4.78, 5) is 11.4. The summed E-state index contributed by atoms with van der Waals surface area (Å²) in [5.41, 5.74) is 2.18. The van der Waals surface area contributed by atoms with Crippen LogP contribution >= 0.6 is 11.8 Å².